The zero-order valence-corrected chi connectivity index (χ0v) is 19.5. The average Bonchev–Trinajstić information content (AvgIpc) is 3.32. The number of carbonyl (C=O) groups is 2. The molecule has 1 aliphatic rings. The van der Waals surface area contributed by atoms with Crippen LogP contribution in [-0.2, 0) is 9.59 Å². The van der Waals surface area contributed by atoms with Crippen molar-refractivity contribution >= 4 is 39.2 Å². The van der Waals surface area contributed by atoms with Crippen molar-refractivity contribution in [1.82, 2.24) is 25.1 Å². The van der Waals surface area contributed by atoms with Crippen LogP contribution in [0.2, 0.25) is 0 Å². The van der Waals surface area contributed by atoms with Crippen molar-refractivity contribution in [2.24, 2.45) is 5.92 Å². The third kappa shape index (κ3) is 4.96. The molecule has 2 amide bonds. The van der Waals surface area contributed by atoms with E-state index >= 15 is 0 Å². The quantitative estimate of drug-likeness (QED) is 0.486. The normalized spacial score (nSPS) is 15.8. The van der Waals surface area contributed by atoms with Gasteiger partial charge in [0.15, 0.2) is 5.82 Å². The molecule has 0 unspecified atom stereocenters. The summed E-state index contributed by atoms with van der Waals surface area (Å²) in [6, 6.07) is 11.3. The fourth-order valence-corrected chi connectivity index (χ4v) is 4.10. The van der Waals surface area contributed by atoms with Crippen molar-refractivity contribution in [3.05, 3.63) is 58.6 Å². The highest BCUT2D eigenvalue weighted by atomic mass is 79.9. The second-order valence-corrected chi connectivity index (χ2v) is 8.62. The second-order valence-electron chi connectivity index (χ2n) is 7.70. The Bertz CT molecular complexity index is 1150. The molecule has 1 saturated heterocycles. The Morgan fingerprint density at radius 1 is 1.19 bits per heavy atom. The van der Waals surface area contributed by atoms with Gasteiger partial charge in [-0.15, -0.1) is 0 Å². The van der Waals surface area contributed by atoms with E-state index in [1.54, 1.807) is 9.58 Å². The van der Waals surface area contributed by atoms with Crippen molar-refractivity contribution in [3.63, 3.8) is 0 Å². The zero-order chi connectivity index (χ0) is 22.7. The maximum Gasteiger partial charge on any atom is 0.227 e. The van der Waals surface area contributed by atoms with Crippen LogP contribution >= 0.6 is 15.9 Å². The van der Waals surface area contributed by atoms with Crippen molar-refractivity contribution in [2.75, 3.05) is 29.9 Å². The number of hydrogen-bond donors (Lipinski definition) is 2. The van der Waals surface area contributed by atoms with E-state index in [0.717, 1.165) is 21.5 Å². The molecule has 0 saturated carbocycles. The molecule has 166 valence electrons. The molecule has 0 spiro atoms. The van der Waals surface area contributed by atoms with Gasteiger partial charge in [0, 0.05) is 48.0 Å². The minimum atomic E-state index is -0.363. The Kier molecular flexibility index (Phi) is 6.50. The fourth-order valence-electron chi connectivity index (χ4n) is 3.72. The molecular weight excluding hydrogens is 474 g/mol. The van der Waals surface area contributed by atoms with E-state index in [1.807, 2.05) is 50.2 Å². The number of benzene rings is 1. The molecule has 0 bridgehead atoms. The van der Waals surface area contributed by atoms with E-state index in [-0.39, 0.29) is 24.2 Å². The van der Waals surface area contributed by atoms with Crippen LogP contribution in [0.1, 0.15) is 17.8 Å². The van der Waals surface area contributed by atoms with Gasteiger partial charge in [0.25, 0.3) is 0 Å². The van der Waals surface area contributed by atoms with Crippen molar-refractivity contribution in [2.45, 2.75) is 20.3 Å². The Morgan fingerprint density at radius 3 is 2.78 bits per heavy atom. The van der Waals surface area contributed by atoms with E-state index in [9.17, 15) is 9.59 Å². The van der Waals surface area contributed by atoms with E-state index in [1.165, 1.54) is 6.33 Å². The Balaban J connectivity index is 1.27. The number of hydrogen-bond acceptors (Lipinski definition) is 6. The largest absolute Gasteiger partial charge is 0.368 e. The van der Waals surface area contributed by atoms with Crippen LogP contribution in [0.4, 0.5) is 11.5 Å². The summed E-state index contributed by atoms with van der Waals surface area (Å²) in [4.78, 5) is 35.1. The summed E-state index contributed by atoms with van der Waals surface area (Å²) in [5, 5.41) is 10.5. The van der Waals surface area contributed by atoms with Crippen molar-refractivity contribution in [3.8, 4) is 5.82 Å². The maximum absolute atomic E-state index is 12.6. The average molecular weight is 498 g/mol. The van der Waals surface area contributed by atoms with E-state index < -0.39 is 0 Å². The van der Waals surface area contributed by atoms with Gasteiger partial charge < -0.3 is 15.5 Å². The molecule has 9 nitrogen and oxygen atoms in total. The standard InChI is InChI=1S/C22H24BrN7O2/c1-14-8-15(2)30(28-14)20-11-19(26-13-27-20)24-6-7-25-22(32)16-9-21(31)29(12-16)18-5-3-4-17(23)10-18/h3-5,8,10-11,13,16H,6-7,9,12H2,1-2H3,(H,25,32)(H,24,26,27)/t16-/m0/s1. The van der Waals surface area contributed by atoms with Gasteiger partial charge in [-0.2, -0.15) is 5.10 Å². The number of nitrogens with zero attached hydrogens (tertiary/aromatic N) is 5. The molecule has 3 aromatic rings. The van der Waals surface area contributed by atoms with Crippen LogP contribution in [-0.4, -0.2) is 51.2 Å². The Morgan fingerprint density at radius 2 is 2.03 bits per heavy atom. The maximum atomic E-state index is 12.6. The van der Waals surface area contributed by atoms with Gasteiger partial charge in [0.2, 0.25) is 11.8 Å². The highest BCUT2D eigenvalue weighted by molar-refractivity contribution is 9.10. The molecule has 10 heteroatoms. The number of amides is 2. The molecule has 0 radical (unpaired) electrons. The fraction of sp³-hybridized carbons (Fsp3) is 0.318. The molecule has 32 heavy (non-hydrogen) atoms. The lowest BCUT2D eigenvalue weighted by atomic mass is 10.1. The Labute approximate surface area is 194 Å². The van der Waals surface area contributed by atoms with Crippen LogP contribution in [0.3, 0.4) is 0 Å². The number of rotatable bonds is 7. The predicted octanol–water partition coefficient (Wildman–Crippen LogP) is 2.62. The number of carbonyl (C=O) groups excluding carboxylic acids is 2. The van der Waals surface area contributed by atoms with Crippen LogP contribution in [0.15, 0.2) is 47.2 Å². The summed E-state index contributed by atoms with van der Waals surface area (Å²) < 4.78 is 2.66. The molecule has 3 heterocycles. The van der Waals surface area contributed by atoms with Gasteiger partial charge in [-0.1, -0.05) is 22.0 Å². The highest BCUT2D eigenvalue weighted by Crippen LogP contribution is 2.27. The number of halogens is 1. The molecule has 1 aromatic carbocycles. The van der Waals surface area contributed by atoms with Crippen molar-refractivity contribution < 1.29 is 9.59 Å². The highest BCUT2D eigenvalue weighted by Gasteiger charge is 2.34. The van der Waals surface area contributed by atoms with Gasteiger partial charge in [-0.3, -0.25) is 9.59 Å². The topological polar surface area (TPSA) is 105 Å². The lowest BCUT2D eigenvalue weighted by Gasteiger charge is -2.17. The summed E-state index contributed by atoms with van der Waals surface area (Å²) in [6.45, 7) is 5.19. The first kappa shape index (κ1) is 21.9. The molecule has 4 rings (SSSR count). The van der Waals surface area contributed by atoms with Crippen LogP contribution in [0.5, 0.6) is 0 Å². The van der Waals surface area contributed by atoms with Crippen molar-refractivity contribution in [1.29, 1.82) is 0 Å². The van der Waals surface area contributed by atoms with Gasteiger partial charge in [0.1, 0.15) is 12.1 Å². The van der Waals surface area contributed by atoms with Gasteiger partial charge >= 0.3 is 0 Å². The molecule has 2 aromatic heterocycles. The van der Waals surface area contributed by atoms with E-state index in [4.69, 9.17) is 0 Å². The summed E-state index contributed by atoms with van der Waals surface area (Å²) >= 11 is 3.42. The lowest BCUT2D eigenvalue weighted by Crippen LogP contribution is -2.35. The number of aromatic nitrogens is 4. The Hall–Kier alpha value is -3.27. The summed E-state index contributed by atoms with van der Waals surface area (Å²) in [5.74, 6) is 0.795. The van der Waals surface area contributed by atoms with E-state index in [2.05, 4.69) is 41.6 Å². The lowest BCUT2D eigenvalue weighted by molar-refractivity contribution is -0.126. The minimum absolute atomic E-state index is 0.0426. The predicted molar refractivity (Wildman–Crippen MR) is 125 cm³/mol. The van der Waals surface area contributed by atoms with Gasteiger partial charge in [-0.25, -0.2) is 14.6 Å². The third-order valence-electron chi connectivity index (χ3n) is 5.23. The smallest absolute Gasteiger partial charge is 0.227 e. The molecule has 0 aliphatic carbocycles. The molecule has 1 atom stereocenters. The molecule has 2 N–H and O–H groups in total. The first-order chi connectivity index (χ1) is 15.4. The summed E-state index contributed by atoms with van der Waals surface area (Å²) in [5.41, 5.74) is 2.70. The minimum Gasteiger partial charge on any atom is -0.368 e. The van der Waals surface area contributed by atoms with Crippen LogP contribution < -0.4 is 15.5 Å². The number of aryl methyl sites for hydroxylation is 2. The first-order valence-corrected chi connectivity index (χ1v) is 11.1. The molecule has 1 aliphatic heterocycles. The van der Waals surface area contributed by atoms with Crippen LogP contribution in [0, 0.1) is 19.8 Å². The monoisotopic (exact) mass is 497 g/mol. The van der Waals surface area contributed by atoms with Gasteiger partial charge in [-0.05, 0) is 38.1 Å². The SMILES string of the molecule is Cc1cc(C)n(-c2cc(NCCNC(=O)[C@H]3CC(=O)N(c4cccc(Br)c4)C3)ncn2)n1. The first-order valence-electron chi connectivity index (χ1n) is 10.3. The zero-order valence-electron chi connectivity index (χ0n) is 17.9. The summed E-state index contributed by atoms with van der Waals surface area (Å²) in [6.07, 6.45) is 1.69. The van der Waals surface area contributed by atoms with Gasteiger partial charge in [0.05, 0.1) is 11.6 Å². The number of nitrogens with one attached hydrogen (secondary N) is 2. The third-order valence-corrected chi connectivity index (χ3v) is 5.72. The van der Waals surface area contributed by atoms with E-state index in [0.29, 0.717) is 31.3 Å². The number of anilines is 2. The molecular formula is C22H24BrN7O2. The van der Waals surface area contributed by atoms with Crippen LogP contribution in [0.25, 0.3) is 5.82 Å². The summed E-state index contributed by atoms with van der Waals surface area (Å²) in [7, 11) is 0. The second kappa shape index (κ2) is 9.47. The molecule has 1 fully saturated rings.